The van der Waals surface area contributed by atoms with Gasteiger partial charge in [-0.25, -0.2) is 0 Å². The second-order valence-electron chi connectivity index (χ2n) is 4.79. The van der Waals surface area contributed by atoms with Crippen LogP contribution < -0.4 is 4.74 Å². The number of nitrogens with one attached hydrogen (secondary N) is 1. The van der Waals surface area contributed by atoms with E-state index in [-0.39, 0.29) is 0 Å². The van der Waals surface area contributed by atoms with Crippen molar-refractivity contribution < 1.29 is 4.74 Å². The van der Waals surface area contributed by atoms with Gasteiger partial charge in [0.15, 0.2) is 0 Å². The molecule has 0 spiro atoms. The first kappa shape index (κ1) is 13.1. The van der Waals surface area contributed by atoms with Crippen LogP contribution in [0.25, 0.3) is 10.9 Å². The van der Waals surface area contributed by atoms with E-state index in [0.717, 1.165) is 22.2 Å². The van der Waals surface area contributed by atoms with E-state index in [1.807, 2.05) is 43.4 Å². The van der Waals surface area contributed by atoms with Crippen molar-refractivity contribution >= 4 is 26.6 Å². The van der Waals surface area contributed by atoms with Gasteiger partial charge in [-0.1, -0.05) is 0 Å². The molecule has 18 heavy (non-hydrogen) atoms. The number of nitrogens with zero attached hydrogens (tertiary/aromatic N) is 1. The van der Waals surface area contributed by atoms with Crippen LogP contribution in [-0.2, 0) is 6.42 Å². The zero-order chi connectivity index (χ0) is 13.3. The van der Waals surface area contributed by atoms with E-state index in [0.29, 0.717) is 6.42 Å². The molecule has 1 aromatic heterocycles. The Bertz CT molecular complexity index is 549. The second kappa shape index (κ2) is 4.73. The van der Waals surface area contributed by atoms with Gasteiger partial charge < -0.3 is 14.6 Å². The van der Waals surface area contributed by atoms with Crippen LogP contribution in [0, 0.1) is 0 Å². The molecule has 1 N–H and O–H groups in total. The highest BCUT2D eigenvalue weighted by Crippen LogP contribution is 2.25. The highest BCUT2D eigenvalue weighted by Gasteiger charge is 2.21. The normalized spacial score (nSPS) is 12.2. The van der Waals surface area contributed by atoms with Crippen LogP contribution in [0.1, 0.15) is 5.56 Å². The Kier molecular flexibility index (Phi) is 3.44. The van der Waals surface area contributed by atoms with Gasteiger partial charge in [0.2, 0.25) is 0 Å². The summed E-state index contributed by atoms with van der Waals surface area (Å²) in [6.45, 7) is 0. The summed E-state index contributed by atoms with van der Waals surface area (Å²) in [5, 5.41) is 0.271. The molecule has 3 nitrogen and oxygen atoms in total. The van der Waals surface area contributed by atoms with Crippen molar-refractivity contribution in [2.45, 2.75) is 11.8 Å². The van der Waals surface area contributed by atoms with Crippen molar-refractivity contribution in [3.8, 4) is 5.75 Å². The standard InChI is InChI=1S/C13H16B2N2O/c1-17(2)13(14,15)7-9-8-16-12-6-10(18-3)4-5-11(9)12/h4-6,8,16H,7H2,1-3H3. The van der Waals surface area contributed by atoms with E-state index in [1.54, 1.807) is 7.11 Å². The molecule has 4 radical (unpaired) electrons. The van der Waals surface area contributed by atoms with Crippen LogP contribution in [-0.4, -0.2) is 52.1 Å². The fraction of sp³-hybridized carbons (Fsp3) is 0.385. The van der Waals surface area contributed by atoms with Gasteiger partial charge in [0, 0.05) is 23.2 Å². The maximum atomic E-state index is 6.06. The number of H-pyrrole nitrogens is 1. The van der Waals surface area contributed by atoms with Crippen LogP contribution >= 0.6 is 0 Å². The molecule has 0 aliphatic rings. The summed E-state index contributed by atoms with van der Waals surface area (Å²) in [5.41, 5.74) is 2.13. The van der Waals surface area contributed by atoms with E-state index in [1.165, 1.54) is 0 Å². The average Bonchev–Trinajstić information content (AvgIpc) is 2.71. The van der Waals surface area contributed by atoms with Crippen molar-refractivity contribution in [2.24, 2.45) is 0 Å². The smallest absolute Gasteiger partial charge is 0.120 e. The molecule has 5 heteroatoms. The van der Waals surface area contributed by atoms with Crippen molar-refractivity contribution in [1.82, 2.24) is 9.88 Å². The molecular weight excluding hydrogens is 222 g/mol. The van der Waals surface area contributed by atoms with Gasteiger partial charge in [0.05, 0.1) is 22.8 Å². The number of rotatable bonds is 4. The number of fused-ring (bicyclic) bond motifs is 1. The molecule has 0 bridgehead atoms. The van der Waals surface area contributed by atoms with Crippen molar-refractivity contribution in [3.63, 3.8) is 0 Å². The minimum absolute atomic E-state index is 0.576. The molecule has 1 aromatic carbocycles. The molecule has 0 saturated heterocycles. The molecule has 0 atom stereocenters. The Morgan fingerprint density at radius 1 is 1.33 bits per heavy atom. The zero-order valence-electron chi connectivity index (χ0n) is 11.0. The third-order valence-electron chi connectivity index (χ3n) is 3.28. The Morgan fingerprint density at radius 3 is 2.67 bits per heavy atom. The molecule has 0 aliphatic heterocycles. The number of aromatic nitrogens is 1. The van der Waals surface area contributed by atoms with Gasteiger partial charge in [-0.15, -0.1) is 0 Å². The van der Waals surface area contributed by atoms with Gasteiger partial charge in [-0.05, 0) is 43.5 Å². The molecule has 2 rings (SSSR count). The maximum Gasteiger partial charge on any atom is 0.120 e. The first-order chi connectivity index (χ1) is 8.44. The third-order valence-corrected chi connectivity index (χ3v) is 3.28. The maximum absolute atomic E-state index is 6.06. The largest absolute Gasteiger partial charge is 0.497 e. The molecule has 0 unspecified atom stereocenters. The first-order valence-electron chi connectivity index (χ1n) is 5.83. The topological polar surface area (TPSA) is 28.3 Å². The molecule has 0 fully saturated rings. The summed E-state index contributed by atoms with van der Waals surface area (Å²) in [7, 11) is 17.5. The predicted molar refractivity (Wildman–Crippen MR) is 76.5 cm³/mol. The summed E-state index contributed by atoms with van der Waals surface area (Å²) < 4.78 is 5.19. The van der Waals surface area contributed by atoms with E-state index >= 15 is 0 Å². The van der Waals surface area contributed by atoms with Crippen LogP contribution in [0.15, 0.2) is 24.4 Å². The number of methoxy groups -OCH3 is 1. The molecule has 2 aromatic rings. The van der Waals surface area contributed by atoms with Crippen molar-refractivity contribution in [1.29, 1.82) is 0 Å². The van der Waals surface area contributed by atoms with Crippen molar-refractivity contribution in [3.05, 3.63) is 30.0 Å². The number of benzene rings is 1. The fourth-order valence-electron chi connectivity index (χ4n) is 1.90. The second-order valence-corrected chi connectivity index (χ2v) is 4.79. The lowest BCUT2D eigenvalue weighted by molar-refractivity contribution is 0.334. The Morgan fingerprint density at radius 2 is 2.06 bits per heavy atom. The Labute approximate surface area is 110 Å². The Balaban J connectivity index is 2.35. The van der Waals surface area contributed by atoms with Crippen LogP contribution in [0.2, 0.25) is 0 Å². The van der Waals surface area contributed by atoms with Gasteiger partial charge in [-0.3, -0.25) is 0 Å². The zero-order valence-corrected chi connectivity index (χ0v) is 11.0. The fourth-order valence-corrected chi connectivity index (χ4v) is 1.90. The van der Waals surface area contributed by atoms with Crippen molar-refractivity contribution in [2.75, 3.05) is 21.2 Å². The monoisotopic (exact) mass is 238 g/mol. The van der Waals surface area contributed by atoms with Gasteiger partial charge in [-0.2, -0.15) is 0 Å². The van der Waals surface area contributed by atoms with E-state index in [9.17, 15) is 0 Å². The number of aromatic amines is 1. The quantitative estimate of drug-likeness (QED) is 0.812. The lowest BCUT2D eigenvalue weighted by Crippen LogP contribution is -2.47. The molecule has 0 aliphatic carbocycles. The van der Waals surface area contributed by atoms with Gasteiger partial charge in [0.1, 0.15) is 5.75 Å². The number of hydrogen-bond donors (Lipinski definition) is 1. The summed E-state index contributed by atoms with van der Waals surface area (Å²) in [6.07, 6.45) is 2.52. The number of likely N-dealkylation sites (N-methyl/N-ethyl adjacent to an activating group) is 1. The van der Waals surface area contributed by atoms with Crippen LogP contribution in [0.5, 0.6) is 5.75 Å². The number of hydrogen-bond acceptors (Lipinski definition) is 2. The molecular formula is C13H16B2N2O. The summed E-state index contributed by atoms with van der Waals surface area (Å²) in [6, 6.07) is 5.92. The van der Waals surface area contributed by atoms with Crippen LogP contribution in [0.3, 0.4) is 0 Å². The van der Waals surface area contributed by atoms with Gasteiger partial charge >= 0.3 is 0 Å². The summed E-state index contributed by atoms with van der Waals surface area (Å²) >= 11 is 0. The lowest BCUT2D eigenvalue weighted by atomic mass is 9.58. The SMILES string of the molecule is [B]C([B])(Cc1c[nH]c2cc(OC)ccc12)N(C)C. The minimum atomic E-state index is -0.852. The van der Waals surface area contributed by atoms with E-state index in [2.05, 4.69) is 4.98 Å². The van der Waals surface area contributed by atoms with Gasteiger partial charge in [0.25, 0.3) is 0 Å². The first-order valence-corrected chi connectivity index (χ1v) is 5.83. The highest BCUT2D eigenvalue weighted by molar-refractivity contribution is 6.40. The molecule has 90 valence electrons. The lowest BCUT2D eigenvalue weighted by Gasteiger charge is -2.33. The minimum Gasteiger partial charge on any atom is -0.497 e. The Hall–Kier alpha value is -1.35. The summed E-state index contributed by atoms with van der Waals surface area (Å²) in [4.78, 5) is 5.03. The highest BCUT2D eigenvalue weighted by atomic mass is 16.5. The van der Waals surface area contributed by atoms with E-state index < -0.39 is 5.34 Å². The van der Waals surface area contributed by atoms with Crippen LogP contribution in [0.4, 0.5) is 0 Å². The molecule has 0 amide bonds. The third kappa shape index (κ3) is 2.41. The summed E-state index contributed by atoms with van der Waals surface area (Å²) in [5.74, 6) is 0.829. The number of ether oxygens (including phenoxy) is 1. The molecule has 1 heterocycles. The van der Waals surface area contributed by atoms with E-state index in [4.69, 9.17) is 20.4 Å². The molecule has 0 saturated carbocycles. The predicted octanol–water partition coefficient (Wildman–Crippen LogP) is 1.27. The average molecular weight is 238 g/mol.